The van der Waals surface area contributed by atoms with E-state index >= 15 is 0 Å². The molecule has 1 aliphatic heterocycles. The summed E-state index contributed by atoms with van der Waals surface area (Å²) in [4.78, 5) is 24.6. The monoisotopic (exact) mass is 387 g/mol. The van der Waals surface area contributed by atoms with Gasteiger partial charge < -0.3 is 14.4 Å². The number of thiocarbonyl (C=S) groups is 1. The molecule has 7 heteroatoms. The maximum Gasteiger partial charge on any atom is 0.303 e. The van der Waals surface area contributed by atoms with Crippen molar-refractivity contribution in [1.82, 2.24) is 4.90 Å². The van der Waals surface area contributed by atoms with Crippen LogP contribution in [-0.4, -0.2) is 32.0 Å². The Hall–Kier alpha value is -2.38. The molecular formula is C19H17NO4S2. The van der Waals surface area contributed by atoms with Crippen LogP contribution in [0.5, 0.6) is 0 Å². The predicted molar refractivity (Wildman–Crippen MR) is 106 cm³/mol. The Kier molecular flexibility index (Phi) is 5.58. The molecule has 5 nitrogen and oxygen atoms in total. The van der Waals surface area contributed by atoms with Crippen LogP contribution in [0.3, 0.4) is 0 Å². The molecule has 0 saturated carbocycles. The highest BCUT2D eigenvalue weighted by Crippen LogP contribution is 2.32. The summed E-state index contributed by atoms with van der Waals surface area (Å²) >= 11 is 6.22. The number of nitrogens with zero attached hydrogens (tertiary/aromatic N) is 1. The van der Waals surface area contributed by atoms with E-state index in [0.29, 0.717) is 28.7 Å². The van der Waals surface area contributed by atoms with E-state index in [1.54, 1.807) is 17.0 Å². The van der Waals surface area contributed by atoms with Crippen LogP contribution in [0.15, 0.2) is 46.5 Å². The number of carbonyl (C=O) groups is 2. The Morgan fingerprint density at radius 1 is 1.35 bits per heavy atom. The molecule has 1 aromatic carbocycles. The van der Waals surface area contributed by atoms with E-state index in [1.807, 2.05) is 37.3 Å². The van der Waals surface area contributed by atoms with E-state index in [2.05, 4.69) is 0 Å². The zero-order valence-electron chi connectivity index (χ0n) is 14.1. The molecule has 2 heterocycles. The third kappa shape index (κ3) is 4.23. The molecule has 134 valence electrons. The van der Waals surface area contributed by atoms with Crippen LogP contribution in [0.1, 0.15) is 24.2 Å². The van der Waals surface area contributed by atoms with Gasteiger partial charge in [-0.1, -0.05) is 36.0 Å². The lowest BCUT2D eigenvalue weighted by Gasteiger charge is -2.16. The number of carboxylic acids is 1. The van der Waals surface area contributed by atoms with Crippen molar-refractivity contribution in [3.63, 3.8) is 0 Å². The van der Waals surface area contributed by atoms with Crippen LogP contribution in [0.2, 0.25) is 0 Å². The Morgan fingerprint density at radius 2 is 2.15 bits per heavy atom. The van der Waals surface area contributed by atoms with Gasteiger partial charge in [0.15, 0.2) is 0 Å². The number of hydrogen-bond acceptors (Lipinski definition) is 5. The van der Waals surface area contributed by atoms with E-state index in [9.17, 15) is 9.59 Å². The second kappa shape index (κ2) is 7.88. The Morgan fingerprint density at radius 3 is 2.88 bits per heavy atom. The first-order chi connectivity index (χ1) is 12.4. The number of carboxylic acid groups (broad SMARTS) is 1. The highest BCUT2D eigenvalue weighted by atomic mass is 32.2. The SMILES string of the molecule is Cc1cccc(-c2ccc(C=C3C(=O)SC(=S)N3CCCC(=O)O)o2)c1. The highest BCUT2D eigenvalue weighted by Gasteiger charge is 2.31. The normalized spacial score (nSPS) is 15.9. The molecule has 2 aromatic rings. The molecule has 26 heavy (non-hydrogen) atoms. The second-order valence-corrected chi connectivity index (χ2v) is 7.51. The average molecular weight is 387 g/mol. The summed E-state index contributed by atoms with van der Waals surface area (Å²) in [6, 6.07) is 11.6. The van der Waals surface area contributed by atoms with Crippen molar-refractivity contribution < 1.29 is 19.1 Å². The number of rotatable bonds is 6. The molecule has 1 fully saturated rings. The number of thioether (sulfide) groups is 1. The highest BCUT2D eigenvalue weighted by molar-refractivity contribution is 8.33. The van der Waals surface area contributed by atoms with Crippen LogP contribution in [0.25, 0.3) is 17.4 Å². The third-order valence-electron chi connectivity index (χ3n) is 3.88. The predicted octanol–water partition coefficient (Wildman–Crippen LogP) is 4.32. The minimum atomic E-state index is -0.867. The van der Waals surface area contributed by atoms with Crippen molar-refractivity contribution in [2.45, 2.75) is 19.8 Å². The lowest BCUT2D eigenvalue weighted by Crippen LogP contribution is -2.23. The molecule has 1 N–H and O–H groups in total. The number of aliphatic carboxylic acids is 1. The van der Waals surface area contributed by atoms with E-state index in [0.717, 1.165) is 28.6 Å². The summed E-state index contributed by atoms with van der Waals surface area (Å²) in [6.45, 7) is 2.40. The smallest absolute Gasteiger partial charge is 0.303 e. The summed E-state index contributed by atoms with van der Waals surface area (Å²) < 4.78 is 6.30. The number of aryl methyl sites for hydroxylation is 1. The van der Waals surface area contributed by atoms with Gasteiger partial charge in [0.2, 0.25) is 5.12 Å². The van der Waals surface area contributed by atoms with Crippen molar-refractivity contribution in [2.24, 2.45) is 0 Å². The molecular weight excluding hydrogens is 370 g/mol. The minimum Gasteiger partial charge on any atom is -0.481 e. The fraction of sp³-hybridized carbons (Fsp3) is 0.211. The second-order valence-electron chi connectivity index (χ2n) is 5.91. The van der Waals surface area contributed by atoms with Gasteiger partial charge in [-0.2, -0.15) is 0 Å². The summed E-state index contributed by atoms with van der Waals surface area (Å²) in [7, 11) is 0. The summed E-state index contributed by atoms with van der Waals surface area (Å²) in [5, 5.41) is 8.63. The van der Waals surface area contributed by atoms with Crippen molar-refractivity contribution in [3.05, 3.63) is 53.4 Å². The maximum atomic E-state index is 12.2. The fourth-order valence-corrected chi connectivity index (χ4v) is 3.80. The summed E-state index contributed by atoms with van der Waals surface area (Å²) in [5.74, 6) is 0.408. The lowest BCUT2D eigenvalue weighted by atomic mass is 10.1. The summed E-state index contributed by atoms with van der Waals surface area (Å²) in [6.07, 6.45) is 2.10. The first-order valence-electron chi connectivity index (χ1n) is 8.08. The largest absolute Gasteiger partial charge is 0.481 e. The quantitative estimate of drug-likeness (QED) is 0.584. The molecule has 0 radical (unpaired) electrons. The van der Waals surface area contributed by atoms with Gasteiger partial charge in [0, 0.05) is 24.6 Å². The van der Waals surface area contributed by atoms with Crippen molar-refractivity contribution >= 4 is 45.5 Å². The number of hydrogen-bond donors (Lipinski definition) is 1. The zero-order valence-corrected chi connectivity index (χ0v) is 15.7. The topological polar surface area (TPSA) is 70.8 Å². The lowest BCUT2D eigenvalue weighted by molar-refractivity contribution is -0.137. The van der Waals surface area contributed by atoms with Gasteiger partial charge in [-0.15, -0.1) is 0 Å². The number of furan rings is 1. The molecule has 0 unspecified atom stereocenters. The molecule has 3 rings (SSSR count). The molecule has 0 aliphatic carbocycles. The van der Waals surface area contributed by atoms with Crippen LogP contribution in [0, 0.1) is 6.92 Å². The minimum absolute atomic E-state index is 0.0313. The van der Waals surface area contributed by atoms with E-state index in [-0.39, 0.29) is 11.5 Å². The fourth-order valence-electron chi connectivity index (χ4n) is 2.65. The van der Waals surface area contributed by atoms with Gasteiger partial charge in [0.1, 0.15) is 21.5 Å². The van der Waals surface area contributed by atoms with Gasteiger partial charge in [0.25, 0.3) is 0 Å². The van der Waals surface area contributed by atoms with Crippen LogP contribution >= 0.6 is 24.0 Å². The molecule has 0 bridgehead atoms. The van der Waals surface area contributed by atoms with Crippen LogP contribution in [-0.2, 0) is 9.59 Å². The van der Waals surface area contributed by atoms with Gasteiger partial charge in [-0.05, 0) is 43.3 Å². The number of benzene rings is 1. The van der Waals surface area contributed by atoms with Gasteiger partial charge in [-0.3, -0.25) is 9.59 Å². The van der Waals surface area contributed by atoms with Gasteiger partial charge >= 0.3 is 5.97 Å². The Bertz CT molecular complexity index is 900. The average Bonchev–Trinajstić information content (AvgIpc) is 3.14. The van der Waals surface area contributed by atoms with E-state index < -0.39 is 5.97 Å². The van der Waals surface area contributed by atoms with E-state index in [1.165, 1.54) is 0 Å². The number of carbonyl (C=O) groups excluding carboxylic acids is 1. The Labute approximate surface area is 160 Å². The van der Waals surface area contributed by atoms with Crippen LogP contribution < -0.4 is 0 Å². The maximum absolute atomic E-state index is 12.2. The first kappa shape index (κ1) is 18.4. The summed E-state index contributed by atoms with van der Waals surface area (Å²) in [5.41, 5.74) is 2.53. The standard InChI is InChI=1S/C19H17NO4S2/c1-12-4-2-5-13(10-12)16-8-7-14(24-16)11-15-18(23)26-19(25)20(15)9-3-6-17(21)22/h2,4-5,7-8,10-11H,3,6,9H2,1H3,(H,21,22). The first-order valence-corrected chi connectivity index (χ1v) is 9.30. The molecule has 0 spiro atoms. The third-order valence-corrected chi connectivity index (χ3v) is 5.14. The van der Waals surface area contributed by atoms with Crippen molar-refractivity contribution in [1.29, 1.82) is 0 Å². The van der Waals surface area contributed by atoms with E-state index in [4.69, 9.17) is 21.7 Å². The van der Waals surface area contributed by atoms with Crippen molar-refractivity contribution in [2.75, 3.05) is 6.54 Å². The van der Waals surface area contributed by atoms with Gasteiger partial charge in [-0.25, -0.2) is 0 Å². The molecule has 0 atom stereocenters. The Balaban J connectivity index is 1.82. The van der Waals surface area contributed by atoms with Crippen LogP contribution in [0.4, 0.5) is 0 Å². The molecule has 1 aromatic heterocycles. The van der Waals surface area contributed by atoms with Gasteiger partial charge in [0.05, 0.1) is 0 Å². The zero-order chi connectivity index (χ0) is 18.7. The molecule has 1 aliphatic rings. The van der Waals surface area contributed by atoms with Crippen molar-refractivity contribution in [3.8, 4) is 11.3 Å². The molecule has 1 saturated heterocycles. The molecule has 0 amide bonds.